The maximum atomic E-state index is 13.1. The Morgan fingerprint density at radius 1 is 1.12 bits per heavy atom. The summed E-state index contributed by atoms with van der Waals surface area (Å²) in [5, 5.41) is 3.03. The monoisotopic (exact) mass is 329 g/mol. The molecule has 24 heavy (non-hydrogen) atoms. The third-order valence-corrected chi connectivity index (χ3v) is 3.98. The lowest BCUT2D eigenvalue weighted by Crippen LogP contribution is -2.44. The van der Waals surface area contributed by atoms with E-state index in [4.69, 9.17) is 9.47 Å². The van der Waals surface area contributed by atoms with Crippen LogP contribution >= 0.6 is 0 Å². The molecular weight excluding hydrogens is 309 g/mol. The second-order valence-electron chi connectivity index (χ2n) is 5.74. The maximum absolute atomic E-state index is 13.1. The molecule has 2 aromatic carbocycles. The van der Waals surface area contributed by atoms with Crippen LogP contribution in [0.2, 0.25) is 0 Å². The highest BCUT2D eigenvalue weighted by molar-refractivity contribution is 5.81. The molecule has 0 aliphatic carbocycles. The van der Waals surface area contributed by atoms with E-state index in [1.165, 1.54) is 12.1 Å². The molecule has 2 unspecified atom stereocenters. The molecule has 0 aromatic heterocycles. The predicted octanol–water partition coefficient (Wildman–Crippen LogP) is 2.64. The van der Waals surface area contributed by atoms with E-state index in [0.29, 0.717) is 19.6 Å². The molecule has 1 fully saturated rings. The number of amides is 1. The molecule has 0 radical (unpaired) electrons. The minimum atomic E-state index is -0.585. The Bertz CT molecular complexity index is 654. The number of benzene rings is 2. The van der Waals surface area contributed by atoms with Gasteiger partial charge in [0.25, 0.3) is 5.91 Å². The fourth-order valence-electron chi connectivity index (χ4n) is 2.70. The zero-order chi connectivity index (χ0) is 16.8. The molecule has 1 aliphatic rings. The largest absolute Gasteiger partial charge is 0.376 e. The molecule has 1 amide bonds. The summed E-state index contributed by atoms with van der Waals surface area (Å²) in [6, 6.07) is 15.8. The third-order valence-electron chi connectivity index (χ3n) is 3.98. The van der Waals surface area contributed by atoms with Gasteiger partial charge in [-0.05, 0) is 29.7 Å². The summed E-state index contributed by atoms with van der Waals surface area (Å²) in [7, 11) is 0. The van der Waals surface area contributed by atoms with Crippen LogP contribution in [0.4, 0.5) is 4.39 Å². The fraction of sp³-hybridized carbons (Fsp3) is 0.316. The third kappa shape index (κ3) is 4.40. The van der Waals surface area contributed by atoms with E-state index in [0.717, 1.165) is 11.1 Å². The predicted molar refractivity (Wildman–Crippen MR) is 88.0 cm³/mol. The van der Waals surface area contributed by atoms with Gasteiger partial charge in [-0.1, -0.05) is 42.5 Å². The van der Waals surface area contributed by atoms with Crippen LogP contribution in [0, 0.1) is 5.82 Å². The van der Waals surface area contributed by atoms with Gasteiger partial charge in [-0.15, -0.1) is 0 Å². The molecule has 1 saturated heterocycles. The van der Waals surface area contributed by atoms with Crippen LogP contribution < -0.4 is 5.32 Å². The molecule has 1 aliphatic heterocycles. The SMILES string of the molecule is O=C(NC(Cc1ccc(F)cc1)c1ccccc1)C1COCCO1. The lowest BCUT2D eigenvalue weighted by Gasteiger charge is -2.26. The van der Waals surface area contributed by atoms with Crippen molar-refractivity contribution in [3.05, 3.63) is 71.5 Å². The maximum Gasteiger partial charge on any atom is 0.252 e. The molecule has 3 rings (SSSR count). The zero-order valence-corrected chi connectivity index (χ0v) is 13.3. The second kappa shape index (κ2) is 8.04. The van der Waals surface area contributed by atoms with E-state index in [1.807, 2.05) is 30.3 Å². The number of rotatable bonds is 5. The zero-order valence-electron chi connectivity index (χ0n) is 13.3. The standard InChI is InChI=1S/C19H20FNO3/c20-16-8-6-14(7-9-16)12-17(15-4-2-1-3-5-15)21-19(22)18-13-23-10-11-24-18/h1-9,17-18H,10-13H2,(H,21,22). The van der Waals surface area contributed by atoms with E-state index in [-0.39, 0.29) is 24.4 Å². The van der Waals surface area contributed by atoms with Gasteiger partial charge in [0.15, 0.2) is 6.10 Å². The first-order chi connectivity index (χ1) is 11.7. The number of carbonyl (C=O) groups is 1. The second-order valence-corrected chi connectivity index (χ2v) is 5.74. The van der Waals surface area contributed by atoms with Crippen LogP contribution in [0.15, 0.2) is 54.6 Å². The minimum absolute atomic E-state index is 0.189. The van der Waals surface area contributed by atoms with Crippen LogP contribution in [0.3, 0.4) is 0 Å². The Balaban J connectivity index is 1.74. The van der Waals surface area contributed by atoms with Crippen LogP contribution in [0.25, 0.3) is 0 Å². The number of carbonyl (C=O) groups excluding carboxylic acids is 1. The first kappa shape index (κ1) is 16.6. The molecule has 1 N–H and O–H groups in total. The van der Waals surface area contributed by atoms with E-state index < -0.39 is 6.10 Å². The number of nitrogens with one attached hydrogen (secondary N) is 1. The Morgan fingerprint density at radius 3 is 2.54 bits per heavy atom. The highest BCUT2D eigenvalue weighted by Gasteiger charge is 2.25. The van der Waals surface area contributed by atoms with Crippen molar-refractivity contribution in [3.63, 3.8) is 0 Å². The average Bonchev–Trinajstić information content (AvgIpc) is 2.64. The van der Waals surface area contributed by atoms with Gasteiger partial charge in [-0.2, -0.15) is 0 Å². The quantitative estimate of drug-likeness (QED) is 0.917. The summed E-state index contributed by atoms with van der Waals surface area (Å²) in [5.74, 6) is -0.461. The van der Waals surface area contributed by atoms with Gasteiger partial charge >= 0.3 is 0 Å². The van der Waals surface area contributed by atoms with Crippen molar-refractivity contribution in [2.75, 3.05) is 19.8 Å². The van der Waals surface area contributed by atoms with Crippen LogP contribution in [-0.4, -0.2) is 31.8 Å². The molecule has 126 valence electrons. The Hall–Kier alpha value is -2.24. The smallest absolute Gasteiger partial charge is 0.252 e. The highest BCUT2D eigenvalue weighted by Crippen LogP contribution is 2.19. The molecular formula is C19H20FNO3. The molecule has 2 atom stereocenters. The first-order valence-electron chi connectivity index (χ1n) is 8.01. The Kier molecular flexibility index (Phi) is 5.56. The van der Waals surface area contributed by atoms with Gasteiger partial charge in [-0.25, -0.2) is 4.39 Å². The topological polar surface area (TPSA) is 47.6 Å². The molecule has 0 saturated carbocycles. The summed E-state index contributed by atoms with van der Waals surface area (Å²) in [4.78, 5) is 12.5. The number of ether oxygens (including phenoxy) is 2. The van der Waals surface area contributed by atoms with Crippen molar-refractivity contribution >= 4 is 5.91 Å². The molecule has 2 aromatic rings. The summed E-state index contributed by atoms with van der Waals surface area (Å²) < 4.78 is 23.9. The van der Waals surface area contributed by atoms with E-state index in [2.05, 4.69) is 5.32 Å². The molecule has 4 nitrogen and oxygen atoms in total. The summed E-state index contributed by atoms with van der Waals surface area (Å²) >= 11 is 0. The molecule has 0 spiro atoms. The number of hydrogen-bond donors (Lipinski definition) is 1. The van der Waals surface area contributed by atoms with Gasteiger partial charge in [-0.3, -0.25) is 4.79 Å². The lowest BCUT2D eigenvalue weighted by molar-refractivity contribution is -0.148. The number of halogens is 1. The minimum Gasteiger partial charge on any atom is -0.376 e. The molecule has 0 bridgehead atoms. The fourth-order valence-corrected chi connectivity index (χ4v) is 2.70. The molecule has 1 heterocycles. The summed E-state index contributed by atoms with van der Waals surface area (Å²) in [6.07, 6.45) is -0.0120. The van der Waals surface area contributed by atoms with Crippen LogP contribution in [-0.2, 0) is 20.7 Å². The Morgan fingerprint density at radius 2 is 1.88 bits per heavy atom. The lowest BCUT2D eigenvalue weighted by atomic mass is 9.98. The highest BCUT2D eigenvalue weighted by atomic mass is 19.1. The summed E-state index contributed by atoms with van der Waals surface area (Å²) in [5.41, 5.74) is 1.94. The van der Waals surface area contributed by atoms with Crippen molar-refractivity contribution in [1.29, 1.82) is 0 Å². The van der Waals surface area contributed by atoms with Crippen molar-refractivity contribution in [3.8, 4) is 0 Å². The summed E-state index contributed by atoms with van der Waals surface area (Å²) in [6.45, 7) is 1.21. The van der Waals surface area contributed by atoms with Gasteiger partial charge in [0, 0.05) is 0 Å². The van der Waals surface area contributed by atoms with E-state index in [1.54, 1.807) is 12.1 Å². The van der Waals surface area contributed by atoms with Crippen molar-refractivity contribution in [2.24, 2.45) is 0 Å². The van der Waals surface area contributed by atoms with Crippen molar-refractivity contribution < 1.29 is 18.7 Å². The van der Waals surface area contributed by atoms with Gasteiger partial charge in [0.1, 0.15) is 5.82 Å². The van der Waals surface area contributed by atoms with Gasteiger partial charge in [0.2, 0.25) is 0 Å². The van der Waals surface area contributed by atoms with Gasteiger partial charge < -0.3 is 14.8 Å². The first-order valence-corrected chi connectivity index (χ1v) is 8.01. The average molecular weight is 329 g/mol. The normalized spacial score (nSPS) is 18.8. The van der Waals surface area contributed by atoms with Crippen molar-refractivity contribution in [1.82, 2.24) is 5.32 Å². The van der Waals surface area contributed by atoms with E-state index >= 15 is 0 Å². The number of hydrogen-bond acceptors (Lipinski definition) is 3. The molecule has 5 heteroatoms. The van der Waals surface area contributed by atoms with Crippen molar-refractivity contribution in [2.45, 2.75) is 18.6 Å². The van der Waals surface area contributed by atoms with Crippen LogP contribution in [0.5, 0.6) is 0 Å². The van der Waals surface area contributed by atoms with E-state index in [9.17, 15) is 9.18 Å². The Labute approximate surface area is 140 Å². The van der Waals surface area contributed by atoms with Gasteiger partial charge in [0.05, 0.1) is 25.9 Å². The van der Waals surface area contributed by atoms with Crippen LogP contribution in [0.1, 0.15) is 17.2 Å².